The topological polar surface area (TPSA) is 29.9 Å². The normalized spacial score (nSPS) is 14.7. The van der Waals surface area contributed by atoms with Gasteiger partial charge in [-0.05, 0) is 31.7 Å². The molecule has 0 aliphatic rings. The molecule has 2 unspecified atom stereocenters. The van der Waals surface area contributed by atoms with Crippen molar-refractivity contribution in [1.29, 1.82) is 0 Å². The van der Waals surface area contributed by atoms with Gasteiger partial charge in [0.1, 0.15) is 5.82 Å². The first-order valence-corrected chi connectivity index (χ1v) is 7.38. The predicted octanol–water partition coefficient (Wildman–Crippen LogP) is 3.16. The Morgan fingerprint density at radius 3 is 2.61 bits per heavy atom. The monoisotopic (exact) mass is 251 g/mol. The lowest BCUT2D eigenvalue weighted by Gasteiger charge is -2.25. The minimum Gasteiger partial charge on any atom is -0.338 e. The van der Waals surface area contributed by atoms with Gasteiger partial charge in [-0.2, -0.15) is 0 Å². The molecule has 3 heteroatoms. The highest BCUT2D eigenvalue weighted by Gasteiger charge is 2.16. The average Bonchev–Trinajstić information content (AvgIpc) is 2.75. The summed E-state index contributed by atoms with van der Waals surface area (Å²) in [5.41, 5.74) is 0. The van der Waals surface area contributed by atoms with Crippen LogP contribution in [0.2, 0.25) is 0 Å². The first-order chi connectivity index (χ1) is 8.69. The Hall–Kier alpha value is -0.830. The van der Waals surface area contributed by atoms with Crippen LogP contribution < -0.4 is 5.32 Å². The summed E-state index contributed by atoms with van der Waals surface area (Å²) in [5.74, 6) is 1.95. The molecule has 1 aromatic rings. The fourth-order valence-corrected chi connectivity index (χ4v) is 2.50. The SMILES string of the molecule is CCCNC(CCc1nccn1C)C(C)CCC. The van der Waals surface area contributed by atoms with E-state index in [-0.39, 0.29) is 0 Å². The van der Waals surface area contributed by atoms with Gasteiger partial charge in [0, 0.05) is 31.9 Å². The first-order valence-electron chi connectivity index (χ1n) is 7.38. The maximum atomic E-state index is 4.41. The molecule has 0 spiro atoms. The van der Waals surface area contributed by atoms with Crippen LogP contribution in [0.1, 0.15) is 52.3 Å². The predicted molar refractivity (Wildman–Crippen MR) is 77.7 cm³/mol. The highest BCUT2D eigenvalue weighted by Crippen LogP contribution is 2.15. The molecule has 2 atom stereocenters. The Morgan fingerprint density at radius 1 is 1.28 bits per heavy atom. The number of hydrogen-bond acceptors (Lipinski definition) is 2. The summed E-state index contributed by atoms with van der Waals surface area (Å²) < 4.78 is 2.13. The van der Waals surface area contributed by atoms with Crippen molar-refractivity contribution in [2.75, 3.05) is 6.54 Å². The maximum absolute atomic E-state index is 4.41. The Morgan fingerprint density at radius 2 is 2.06 bits per heavy atom. The van der Waals surface area contributed by atoms with Crippen LogP contribution in [0.3, 0.4) is 0 Å². The summed E-state index contributed by atoms with van der Waals surface area (Å²) in [6.07, 6.45) is 9.96. The molecule has 0 aliphatic carbocycles. The van der Waals surface area contributed by atoms with Gasteiger partial charge in [0.05, 0.1) is 0 Å². The molecular formula is C15H29N3. The maximum Gasteiger partial charge on any atom is 0.108 e. The summed E-state index contributed by atoms with van der Waals surface area (Å²) in [6.45, 7) is 7.99. The first kappa shape index (κ1) is 15.2. The van der Waals surface area contributed by atoms with Gasteiger partial charge in [0.2, 0.25) is 0 Å². The van der Waals surface area contributed by atoms with Crippen molar-refractivity contribution in [2.24, 2.45) is 13.0 Å². The van der Waals surface area contributed by atoms with E-state index in [1.807, 2.05) is 12.4 Å². The van der Waals surface area contributed by atoms with Crippen LogP contribution in [0.15, 0.2) is 12.4 Å². The number of imidazole rings is 1. The van der Waals surface area contributed by atoms with Gasteiger partial charge in [0.25, 0.3) is 0 Å². The van der Waals surface area contributed by atoms with Crippen LogP contribution in [-0.2, 0) is 13.5 Å². The molecule has 18 heavy (non-hydrogen) atoms. The standard InChI is InChI=1S/C15H29N3/c1-5-7-13(3)14(16-10-6-2)8-9-15-17-11-12-18(15)4/h11-14,16H,5-10H2,1-4H3. The molecule has 0 aliphatic heterocycles. The third-order valence-electron chi connectivity index (χ3n) is 3.69. The molecule has 1 rings (SSSR count). The van der Waals surface area contributed by atoms with E-state index in [1.165, 1.54) is 31.5 Å². The van der Waals surface area contributed by atoms with Crippen LogP contribution >= 0.6 is 0 Å². The Kier molecular flexibility index (Phi) is 7.02. The third-order valence-corrected chi connectivity index (χ3v) is 3.69. The second-order valence-corrected chi connectivity index (χ2v) is 5.32. The molecule has 3 nitrogen and oxygen atoms in total. The van der Waals surface area contributed by atoms with Crippen molar-refractivity contribution in [3.8, 4) is 0 Å². The number of rotatable bonds is 9. The van der Waals surface area contributed by atoms with Crippen molar-refractivity contribution in [3.05, 3.63) is 18.2 Å². The van der Waals surface area contributed by atoms with Crippen molar-refractivity contribution in [2.45, 2.75) is 58.9 Å². The molecule has 0 fully saturated rings. The lowest BCUT2D eigenvalue weighted by Crippen LogP contribution is -2.36. The summed E-state index contributed by atoms with van der Waals surface area (Å²) in [6, 6.07) is 0.626. The molecule has 1 heterocycles. The van der Waals surface area contributed by atoms with Crippen LogP contribution in [0.4, 0.5) is 0 Å². The molecular weight excluding hydrogens is 222 g/mol. The number of aromatic nitrogens is 2. The largest absolute Gasteiger partial charge is 0.338 e. The average molecular weight is 251 g/mol. The van der Waals surface area contributed by atoms with E-state index >= 15 is 0 Å². The van der Waals surface area contributed by atoms with Gasteiger partial charge in [-0.25, -0.2) is 4.98 Å². The zero-order valence-electron chi connectivity index (χ0n) is 12.4. The van der Waals surface area contributed by atoms with Crippen molar-refractivity contribution in [3.63, 3.8) is 0 Å². The van der Waals surface area contributed by atoms with Crippen LogP contribution in [0, 0.1) is 5.92 Å². The summed E-state index contributed by atoms with van der Waals surface area (Å²) >= 11 is 0. The third kappa shape index (κ3) is 4.81. The van der Waals surface area contributed by atoms with Crippen LogP contribution in [-0.4, -0.2) is 22.1 Å². The second-order valence-electron chi connectivity index (χ2n) is 5.32. The van der Waals surface area contributed by atoms with Gasteiger partial charge in [-0.3, -0.25) is 0 Å². The smallest absolute Gasteiger partial charge is 0.108 e. The Balaban J connectivity index is 2.47. The van der Waals surface area contributed by atoms with E-state index in [0.29, 0.717) is 6.04 Å². The highest BCUT2D eigenvalue weighted by molar-refractivity contribution is 4.92. The van der Waals surface area contributed by atoms with E-state index in [1.54, 1.807) is 0 Å². The van der Waals surface area contributed by atoms with Gasteiger partial charge >= 0.3 is 0 Å². The van der Waals surface area contributed by atoms with E-state index < -0.39 is 0 Å². The van der Waals surface area contributed by atoms with Gasteiger partial charge in [-0.15, -0.1) is 0 Å². The molecule has 1 N–H and O–H groups in total. The quantitative estimate of drug-likeness (QED) is 0.730. The molecule has 0 saturated heterocycles. The van der Waals surface area contributed by atoms with E-state index in [2.05, 4.69) is 42.7 Å². The molecule has 0 amide bonds. The lowest BCUT2D eigenvalue weighted by atomic mass is 9.93. The molecule has 0 radical (unpaired) electrons. The van der Waals surface area contributed by atoms with Crippen molar-refractivity contribution in [1.82, 2.24) is 14.9 Å². The van der Waals surface area contributed by atoms with Gasteiger partial charge in [0.15, 0.2) is 0 Å². The minimum absolute atomic E-state index is 0.626. The fraction of sp³-hybridized carbons (Fsp3) is 0.800. The zero-order valence-corrected chi connectivity index (χ0v) is 12.4. The van der Waals surface area contributed by atoms with Crippen LogP contribution in [0.5, 0.6) is 0 Å². The Bertz CT molecular complexity index is 319. The minimum atomic E-state index is 0.626. The second kappa shape index (κ2) is 8.30. The van der Waals surface area contributed by atoms with E-state index in [0.717, 1.165) is 18.9 Å². The van der Waals surface area contributed by atoms with Gasteiger partial charge in [-0.1, -0.05) is 27.2 Å². The Labute approximate surface area is 112 Å². The van der Waals surface area contributed by atoms with Crippen molar-refractivity contribution < 1.29 is 0 Å². The summed E-state index contributed by atoms with van der Waals surface area (Å²) in [4.78, 5) is 4.41. The van der Waals surface area contributed by atoms with Crippen LogP contribution in [0.25, 0.3) is 0 Å². The van der Waals surface area contributed by atoms with Crippen molar-refractivity contribution >= 4 is 0 Å². The zero-order chi connectivity index (χ0) is 13.4. The molecule has 1 aromatic heterocycles. The highest BCUT2D eigenvalue weighted by atomic mass is 15.0. The van der Waals surface area contributed by atoms with Gasteiger partial charge < -0.3 is 9.88 Å². The number of hydrogen-bond donors (Lipinski definition) is 1. The summed E-state index contributed by atoms with van der Waals surface area (Å²) in [5, 5.41) is 3.70. The van der Waals surface area contributed by atoms with E-state index in [9.17, 15) is 0 Å². The molecule has 0 aromatic carbocycles. The molecule has 104 valence electrons. The lowest BCUT2D eigenvalue weighted by molar-refractivity contribution is 0.335. The number of nitrogens with zero attached hydrogens (tertiary/aromatic N) is 2. The fourth-order valence-electron chi connectivity index (χ4n) is 2.50. The number of aryl methyl sites for hydroxylation is 2. The van der Waals surface area contributed by atoms with E-state index in [4.69, 9.17) is 0 Å². The number of nitrogens with one attached hydrogen (secondary N) is 1. The molecule has 0 bridgehead atoms. The molecule has 0 saturated carbocycles. The summed E-state index contributed by atoms with van der Waals surface area (Å²) in [7, 11) is 2.08.